The lowest BCUT2D eigenvalue weighted by Crippen LogP contribution is -2.12. The molecule has 0 aromatic carbocycles. The number of fused-ring (bicyclic) bond motifs is 3. The molecule has 0 atom stereocenters. The van der Waals surface area contributed by atoms with Gasteiger partial charge in [0.25, 0.3) is 5.56 Å². The Morgan fingerprint density at radius 2 is 2.06 bits per heavy atom. The predicted octanol–water partition coefficient (Wildman–Crippen LogP) is 1.55. The highest BCUT2D eigenvalue weighted by Gasteiger charge is 2.06. The van der Waals surface area contributed by atoms with Crippen molar-refractivity contribution in [3.8, 4) is 0 Å². The van der Waals surface area contributed by atoms with Gasteiger partial charge in [0.05, 0.1) is 5.39 Å². The van der Waals surface area contributed by atoms with Crippen molar-refractivity contribution in [3.05, 3.63) is 52.6 Å². The van der Waals surface area contributed by atoms with Crippen LogP contribution in [0.3, 0.4) is 0 Å². The minimum Gasteiger partial charge on any atom is -0.285 e. The van der Waals surface area contributed by atoms with Gasteiger partial charge in [-0.2, -0.15) is 4.98 Å². The number of aromatic nitrogens is 3. The molecule has 0 N–H and O–H groups in total. The lowest BCUT2D eigenvalue weighted by atomic mass is 10.2. The van der Waals surface area contributed by atoms with E-state index in [2.05, 4.69) is 9.97 Å². The molecular formula is C12H9N3O. The molecule has 3 rings (SSSR count). The molecule has 0 aliphatic carbocycles. The normalized spacial score (nSPS) is 11.1. The number of hydrogen-bond donors (Lipinski definition) is 0. The Labute approximate surface area is 91.2 Å². The van der Waals surface area contributed by atoms with Crippen LogP contribution < -0.4 is 5.56 Å². The summed E-state index contributed by atoms with van der Waals surface area (Å²) in [5, 5.41) is 0.547. The van der Waals surface area contributed by atoms with E-state index in [1.165, 1.54) is 0 Å². The van der Waals surface area contributed by atoms with Gasteiger partial charge in [-0.3, -0.25) is 9.20 Å². The van der Waals surface area contributed by atoms with Crippen molar-refractivity contribution >= 4 is 16.7 Å². The van der Waals surface area contributed by atoms with Crippen molar-refractivity contribution in [1.82, 2.24) is 14.4 Å². The first-order valence-electron chi connectivity index (χ1n) is 5.00. The van der Waals surface area contributed by atoms with Gasteiger partial charge < -0.3 is 0 Å². The summed E-state index contributed by atoms with van der Waals surface area (Å²) in [6, 6.07) is 7.33. The standard InChI is InChI=1S/C12H9N3O/c1-8-4-3-7-15-10(8)14-12(16)9-5-2-6-13-11(9)15/h2-7H,1H3. The first-order chi connectivity index (χ1) is 7.77. The quantitative estimate of drug-likeness (QED) is 0.530. The lowest BCUT2D eigenvalue weighted by molar-refractivity contribution is 1.08. The zero-order valence-electron chi connectivity index (χ0n) is 8.71. The van der Waals surface area contributed by atoms with Crippen LogP contribution in [0.25, 0.3) is 16.7 Å². The Kier molecular flexibility index (Phi) is 1.77. The van der Waals surface area contributed by atoms with Gasteiger partial charge in [0.2, 0.25) is 0 Å². The van der Waals surface area contributed by atoms with Crippen LogP contribution in [0.15, 0.2) is 41.5 Å². The fraction of sp³-hybridized carbons (Fsp3) is 0.0833. The van der Waals surface area contributed by atoms with E-state index in [1.807, 2.05) is 29.7 Å². The molecule has 0 amide bonds. The fourth-order valence-corrected chi connectivity index (χ4v) is 1.83. The summed E-state index contributed by atoms with van der Waals surface area (Å²) in [6.45, 7) is 1.93. The second kappa shape index (κ2) is 3.13. The average Bonchev–Trinajstić information content (AvgIpc) is 2.31. The number of pyridine rings is 2. The maximum Gasteiger partial charge on any atom is 0.282 e. The smallest absolute Gasteiger partial charge is 0.282 e. The number of rotatable bonds is 0. The summed E-state index contributed by atoms with van der Waals surface area (Å²) in [7, 11) is 0. The van der Waals surface area contributed by atoms with E-state index in [0.717, 1.165) is 5.56 Å². The van der Waals surface area contributed by atoms with E-state index >= 15 is 0 Å². The van der Waals surface area contributed by atoms with Gasteiger partial charge in [0.1, 0.15) is 5.65 Å². The summed E-state index contributed by atoms with van der Waals surface area (Å²) in [4.78, 5) is 20.1. The molecule has 16 heavy (non-hydrogen) atoms. The third kappa shape index (κ3) is 1.13. The van der Waals surface area contributed by atoms with Crippen molar-refractivity contribution in [3.63, 3.8) is 0 Å². The van der Waals surface area contributed by atoms with E-state index in [4.69, 9.17) is 0 Å². The van der Waals surface area contributed by atoms with E-state index in [9.17, 15) is 4.79 Å². The summed E-state index contributed by atoms with van der Waals surface area (Å²) in [5.41, 5.74) is 2.06. The molecule has 0 saturated heterocycles. The monoisotopic (exact) mass is 211 g/mol. The van der Waals surface area contributed by atoms with Crippen molar-refractivity contribution in [2.45, 2.75) is 6.92 Å². The number of aryl methyl sites for hydroxylation is 1. The van der Waals surface area contributed by atoms with Crippen molar-refractivity contribution < 1.29 is 0 Å². The van der Waals surface area contributed by atoms with Crippen LogP contribution in [0.2, 0.25) is 0 Å². The predicted molar refractivity (Wildman–Crippen MR) is 61.5 cm³/mol. The zero-order valence-corrected chi connectivity index (χ0v) is 8.71. The molecule has 3 aromatic heterocycles. The highest BCUT2D eigenvalue weighted by atomic mass is 16.1. The Morgan fingerprint density at radius 3 is 2.94 bits per heavy atom. The molecule has 0 unspecified atom stereocenters. The number of hydrogen-bond acceptors (Lipinski definition) is 3. The van der Waals surface area contributed by atoms with Crippen LogP contribution in [0, 0.1) is 6.92 Å². The topological polar surface area (TPSA) is 47.3 Å². The van der Waals surface area contributed by atoms with Gasteiger partial charge in [-0.05, 0) is 30.7 Å². The second-order valence-electron chi connectivity index (χ2n) is 3.68. The van der Waals surface area contributed by atoms with Gasteiger partial charge in [0, 0.05) is 12.4 Å². The fourth-order valence-electron chi connectivity index (χ4n) is 1.83. The molecular weight excluding hydrogens is 202 g/mol. The van der Waals surface area contributed by atoms with Crippen molar-refractivity contribution in [1.29, 1.82) is 0 Å². The third-order valence-corrected chi connectivity index (χ3v) is 2.61. The van der Waals surface area contributed by atoms with E-state index in [-0.39, 0.29) is 5.56 Å². The van der Waals surface area contributed by atoms with Crippen molar-refractivity contribution in [2.75, 3.05) is 0 Å². The molecule has 4 heteroatoms. The number of nitrogens with zero attached hydrogens (tertiary/aromatic N) is 3. The van der Waals surface area contributed by atoms with E-state index in [1.54, 1.807) is 18.3 Å². The van der Waals surface area contributed by atoms with E-state index < -0.39 is 0 Å². The van der Waals surface area contributed by atoms with Crippen molar-refractivity contribution in [2.24, 2.45) is 0 Å². The molecule has 0 spiro atoms. The van der Waals surface area contributed by atoms with Gasteiger partial charge in [-0.15, -0.1) is 0 Å². The maximum atomic E-state index is 11.8. The third-order valence-electron chi connectivity index (χ3n) is 2.61. The van der Waals surface area contributed by atoms with Gasteiger partial charge in [0.15, 0.2) is 5.65 Å². The molecule has 3 aromatic rings. The minimum absolute atomic E-state index is 0.225. The molecule has 0 bridgehead atoms. The Morgan fingerprint density at radius 1 is 1.19 bits per heavy atom. The Hall–Kier alpha value is -2.23. The van der Waals surface area contributed by atoms with Crippen LogP contribution >= 0.6 is 0 Å². The van der Waals surface area contributed by atoms with Crippen LogP contribution in [0.1, 0.15) is 5.56 Å². The molecule has 0 fully saturated rings. The molecule has 3 heterocycles. The summed E-state index contributed by atoms with van der Waals surface area (Å²) >= 11 is 0. The maximum absolute atomic E-state index is 11.8. The second-order valence-corrected chi connectivity index (χ2v) is 3.68. The van der Waals surface area contributed by atoms with Crippen LogP contribution in [0.4, 0.5) is 0 Å². The summed E-state index contributed by atoms with van der Waals surface area (Å²) in [6.07, 6.45) is 3.54. The Bertz CT molecular complexity index is 746. The van der Waals surface area contributed by atoms with Crippen LogP contribution in [-0.2, 0) is 0 Å². The molecule has 0 aliphatic rings. The minimum atomic E-state index is -0.225. The Balaban J connectivity index is 2.70. The molecule has 0 saturated carbocycles. The first kappa shape index (κ1) is 9.03. The van der Waals surface area contributed by atoms with Gasteiger partial charge >= 0.3 is 0 Å². The molecule has 4 nitrogen and oxygen atoms in total. The van der Waals surface area contributed by atoms with Gasteiger partial charge in [-0.1, -0.05) is 6.07 Å². The molecule has 78 valence electrons. The lowest BCUT2D eigenvalue weighted by Gasteiger charge is -2.05. The zero-order chi connectivity index (χ0) is 11.1. The highest BCUT2D eigenvalue weighted by molar-refractivity contribution is 5.76. The van der Waals surface area contributed by atoms with Crippen LogP contribution in [-0.4, -0.2) is 14.4 Å². The summed E-state index contributed by atoms with van der Waals surface area (Å²) in [5.74, 6) is 0. The average molecular weight is 211 g/mol. The summed E-state index contributed by atoms with van der Waals surface area (Å²) < 4.78 is 1.84. The van der Waals surface area contributed by atoms with Gasteiger partial charge in [-0.25, -0.2) is 4.98 Å². The van der Waals surface area contributed by atoms with Crippen LogP contribution in [0.5, 0.6) is 0 Å². The molecule has 0 aliphatic heterocycles. The molecule has 0 radical (unpaired) electrons. The van der Waals surface area contributed by atoms with E-state index in [0.29, 0.717) is 16.7 Å². The largest absolute Gasteiger partial charge is 0.285 e. The first-order valence-corrected chi connectivity index (χ1v) is 5.00. The SMILES string of the molecule is Cc1cccn2c1nc(=O)c1cccnc12. The highest BCUT2D eigenvalue weighted by Crippen LogP contribution is 2.11.